The maximum absolute atomic E-state index is 12.4. The first kappa shape index (κ1) is 25.0. The van der Waals surface area contributed by atoms with E-state index >= 15 is 0 Å². The molecule has 184 valence electrons. The topological polar surface area (TPSA) is 70.2 Å². The van der Waals surface area contributed by atoms with Crippen LogP contribution in [0.4, 0.5) is 0 Å². The second kappa shape index (κ2) is 11.5. The molecule has 1 fully saturated rings. The van der Waals surface area contributed by atoms with Crippen LogP contribution in [0, 0.1) is 0 Å². The van der Waals surface area contributed by atoms with Crippen LogP contribution in [-0.2, 0) is 16.1 Å². The molecule has 0 aliphatic heterocycles. The molecule has 3 aromatic carbocycles. The Bertz CT molecular complexity index is 1330. The van der Waals surface area contributed by atoms with Crippen LogP contribution in [0.15, 0.2) is 97.1 Å². The summed E-state index contributed by atoms with van der Waals surface area (Å²) >= 11 is 0. The van der Waals surface area contributed by atoms with Gasteiger partial charge in [0.1, 0.15) is 0 Å². The molecule has 2 amide bonds. The van der Waals surface area contributed by atoms with Gasteiger partial charge in [-0.25, -0.2) is 0 Å². The van der Waals surface area contributed by atoms with Crippen LogP contribution in [-0.4, -0.2) is 18.4 Å². The first-order valence-corrected chi connectivity index (χ1v) is 12.4. The number of amides is 2. The van der Waals surface area contributed by atoms with Crippen molar-refractivity contribution in [3.8, 4) is 0 Å². The molecule has 5 heteroatoms. The van der Waals surface area contributed by atoms with E-state index in [1.54, 1.807) is 0 Å². The Morgan fingerprint density at radius 1 is 0.944 bits per heavy atom. The number of benzene rings is 3. The van der Waals surface area contributed by atoms with E-state index in [0.717, 1.165) is 41.7 Å². The molecule has 1 aliphatic carbocycles. The fourth-order valence-electron chi connectivity index (χ4n) is 4.69. The summed E-state index contributed by atoms with van der Waals surface area (Å²) < 4.78 is 0. The van der Waals surface area contributed by atoms with Crippen LogP contribution in [0.5, 0.6) is 0 Å². The van der Waals surface area contributed by atoms with Gasteiger partial charge in [-0.15, -0.1) is 0 Å². The van der Waals surface area contributed by atoms with Gasteiger partial charge in [-0.3, -0.25) is 9.59 Å². The third-order valence-electron chi connectivity index (χ3n) is 6.66. The number of carbonyl (C=O) groups excluding carboxylic acids is 2. The molecule has 0 spiro atoms. The number of carbonyl (C=O) groups is 2. The van der Waals surface area contributed by atoms with E-state index in [9.17, 15) is 9.59 Å². The summed E-state index contributed by atoms with van der Waals surface area (Å²) in [5, 5.41) is 11.3. The Hall–Kier alpha value is -4.12. The smallest absolute Gasteiger partial charge is 0.309 e. The minimum absolute atomic E-state index is 0.0297. The van der Waals surface area contributed by atoms with Crippen molar-refractivity contribution in [1.82, 2.24) is 16.0 Å². The van der Waals surface area contributed by atoms with Gasteiger partial charge in [-0.2, -0.15) is 0 Å². The summed E-state index contributed by atoms with van der Waals surface area (Å²) in [6.07, 6.45) is 5.03. The van der Waals surface area contributed by atoms with Crippen molar-refractivity contribution in [3.63, 3.8) is 0 Å². The van der Waals surface area contributed by atoms with E-state index in [0.29, 0.717) is 6.54 Å². The van der Waals surface area contributed by atoms with Gasteiger partial charge in [0.15, 0.2) is 0 Å². The first-order chi connectivity index (χ1) is 17.4. The number of hydrogen-bond donors (Lipinski definition) is 3. The molecule has 0 radical (unpaired) electrons. The fraction of sp³-hybridized carbons (Fsp3) is 0.226. The van der Waals surface area contributed by atoms with Crippen LogP contribution < -0.4 is 16.0 Å². The van der Waals surface area contributed by atoms with E-state index in [4.69, 9.17) is 0 Å². The summed E-state index contributed by atoms with van der Waals surface area (Å²) in [4.78, 5) is 24.6. The van der Waals surface area contributed by atoms with E-state index in [2.05, 4.69) is 66.4 Å². The number of nitrogens with one attached hydrogen (secondary N) is 3. The van der Waals surface area contributed by atoms with Gasteiger partial charge in [-0.1, -0.05) is 91.5 Å². The number of fused-ring (bicyclic) bond motifs is 1. The molecule has 0 saturated heterocycles. The highest BCUT2D eigenvalue weighted by molar-refractivity contribution is 6.35. The summed E-state index contributed by atoms with van der Waals surface area (Å²) in [6.45, 7) is 10.9. The lowest BCUT2D eigenvalue weighted by Crippen LogP contribution is -2.39. The van der Waals surface area contributed by atoms with Crippen LogP contribution in [0.2, 0.25) is 0 Å². The first-order valence-electron chi connectivity index (χ1n) is 12.4. The SMILES string of the molecule is C=C1CCC/C1=C\CNC(=O)C(=O)NCc1ccccc1C(=C)NC(C)c1cccc2ccccc12. The Kier molecular flexibility index (Phi) is 8.01. The molecule has 1 atom stereocenters. The van der Waals surface area contributed by atoms with Gasteiger partial charge in [0.25, 0.3) is 0 Å². The van der Waals surface area contributed by atoms with Gasteiger partial charge in [-0.05, 0) is 53.7 Å². The minimum atomic E-state index is -0.656. The average molecular weight is 480 g/mol. The van der Waals surface area contributed by atoms with Crippen LogP contribution in [0.3, 0.4) is 0 Å². The van der Waals surface area contributed by atoms with E-state index in [-0.39, 0.29) is 12.6 Å². The molecule has 0 aromatic heterocycles. The van der Waals surface area contributed by atoms with Gasteiger partial charge in [0, 0.05) is 30.4 Å². The molecule has 3 N–H and O–H groups in total. The predicted molar refractivity (Wildman–Crippen MR) is 147 cm³/mol. The van der Waals surface area contributed by atoms with Crippen molar-refractivity contribution in [1.29, 1.82) is 0 Å². The molecule has 1 unspecified atom stereocenters. The van der Waals surface area contributed by atoms with Gasteiger partial charge >= 0.3 is 11.8 Å². The molecule has 1 saturated carbocycles. The maximum Gasteiger partial charge on any atom is 0.309 e. The Balaban J connectivity index is 1.36. The highest BCUT2D eigenvalue weighted by Crippen LogP contribution is 2.28. The summed E-state index contributed by atoms with van der Waals surface area (Å²) in [6, 6.07) is 22.4. The quantitative estimate of drug-likeness (QED) is 0.371. The van der Waals surface area contributed by atoms with Crippen LogP contribution in [0.25, 0.3) is 16.5 Å². The number of allylic oxidation sites excluding steroid dienone is 2. The minimum Gasteiger partial charge on any atom is -0.378 e. The maximum atomic E-state index is 12.4. The van der Waals surface area contributed by atoms with Crippen LogP contribution in [0.1, 0.15) is 48.9 Å². The van der Waals surface area contributed by atoms with E-state index in [1.165, 1.54) is 21.9 Å². The van der Waals surface area contributed by atoms with Gasteiger partial charge in [0.05, 0.1) is 0 Å². The van der Waals surface area contributed by atoms with Gasteiger partial charge in [0.2, 0.25) is 0 Å². The third kappa shape index (κ3) is 5.92. The largest absolute Gasteiger partial charge is 0.378 e. The van der Waals surface area contributed by atoms with Crippen molar-refractivity contribution in [3.05, 3.63) is 114 Å². The summed E-state index contributed by atoms with van der Waals surface area (Å²) in [5.41, 5.74) is 6.02. The third-order valence-corrected chi connectivity index (χ3v) is 6.66. The van der Waals surface area contributed by atoms with E-state index in [1.807, 2.05) is 42.5 Å². The molecule has 5 nitrogen and oxygen atoms in total. The van der Waals surface area contributed by atoms with Crippen molar-refractivity contribution >= 4 is 28.3 Å². The Morgan fingerprint density at radius 3 is 2.47 bits per heavy atom. The van der Waals surface area contributed by atoms with Crippen molar-refractivity contribution in [2.45, 2.75) is 38.8 Å². The zero-order chi connectivity index (χ0) is 25.5. The monoisotopic (exact) mass is 479 g/mol. The fourth-order valence-corrected chi connectivity index (χ4v) is 4.69. The average Bonchev–Trinajstić information content (AvgIpc) is 3.31. The molecule has 1 aliphatic rings. The second-order valence-electron chi connectivity index (χ2n) is 9.15. The summed E-state index contributed by atoms with van der Waals surface area (Å²) in [7, 11) is 0. The lowest BCUT2D eigenvalue weighted by Gasteiger charge is -2.21. The van der Waals surface area contributed by atoms with E-state index < -0.39 is 11.8 Å². The lowest BCUT2D eigenvalue weighted by molar-refractivity contribution is -0.139. The zero-order valence-corrected chi connectivity index (χ0v) is 20.8. The second-order valence-corrected chi connectivity index (χ2v) is 9.15. The van der Waals surface area contributed by atoms with Crippen molar-refractivity contribution < 1.29 is 9.59 Å². The molecule has 36 heavy (non-hydrogen) atoms. The highest BCUT2D eigenvalue weighted by atomic mass is 16.2. The molecule has 3 aromatic rings. The highest BCUT2D eigenvalue weighted by Gasteiger charge is 2.16. The van der Waals surface area contributed by atoms with Crippen LogP contribution >= 0.6 is 0 Å². The number of hydrogen-bond acceptors (Lipinski definition) is 3. The summed E-state index contributed by atoms with van der Waals surface area (Å²) in [5.74, 6) is -1.30. The molecular formula is C31H33N3O2. The standard InChI is InChI=1S/C31H33N3O2/c1-21-10-8-13-24(21)18-19-32-30(35)31(36)33-20-26-12-5-6-15-27(26)22(2)34-23(3)28-17-9-14-25-11-4-7-16-29(25)28/h4-7,9,11-12,14-18,23,34H,1-2,8,10,13,19-20H2,3H3,(H,32,35)(H,33,36)/b24-18+. The molecule has 4 rings (SSSR count). The van der Waals surface area contributed by atoms with Crippen molar-refractivity contribution in [2.75, 3.05) is 6.54 Å². The molecular weight excluding hydrogens is 446 g/mol. The van der Waals surface area contributed by atoms with Gasteiger partial charge < -0.3 is 16.0 Å². The Morgan fingerprint density at radius 2 is 1.67 bits per heavy atom. The Labute approximate surface area is 213 Å². The molecule has 0 heterocycles. The lowest BCUT2D eigenvalue weighted by atomic mass is 9.98. The predicted octanol–water partition coefficient (Wildman–Crippen LogP) is 5.56. The zero-order valence-electron chi connectivity index (χ0n) is 20.8. The normalized spacial score (nSPS) is 15.0. The molecule has 0 bridgehead atoms. The van der Waals surface area contributed by atoms with Crippen molar-refractivity contribution in [2.24, 2.45) is 0 Å². The number of rotatable bonds is 8.